The molecule has 1 atom stereocenters. The molecule has 0 amide bonds. The zero-order chi connectivity index (χ0) is 13.0. The summed E-state index contributed by atoms with van der Waals surface area (Å²) >= 11 is 1.70. The molecule has 0 spiro atoms. The molecule has 4 nitrogen and oxygen atoms in total. The average molecular weight is 262 g/mol. The fraction of sp³-hybridized carbons (Fsp3) is 0.231. The summed E-state index contributed by atoms with van der Waals surface area (Å²) in [7, 11) is 0. The standard InChI is InChI=1S/C13H14N2O2S/c1-9(8-10-4-3-7-18-10)15-11-5-2-6-14-12(11)13(16)17/h2-7,9,15H,8H2,1H3,(H,16,17). The van der Waals surface area contributed by atoms with Crippen molar-refractivity contribution in [1.29, 1.82) is 0 Å². The van der Waals surface area contributed by atoms with Gasteiger partial charge in [0.05, 0.1) is 5.69 Å². The van der Waals surface area contributed by atoms with Gasteiger partial charge in [-0.05, 0) is 30.5 Å². The minimum atomic E-state index is -1.01. The summed E-state index contributed by atoms with van der Waals surface area (Å²) in [4.78, 5) is 16.2. The monoisotopic (exact) mass is 262 g/mol. The third-order valence-electron chi connectivity index (χ3n) is 2.50. The van der Waals surface area contributed by atoms with E-state index in [9.17, 15) is 4.79 Å². The Labute approximate surface area is 109 Å². The Hall–Kier alpha value is -1.88. The Morgan fingerprint density at radius 1 is 1.50 bits per heavy atom. The first-order valence-electron chi connectivity index (χ1n) is 5.64. The van der Waals surface area contributed by atoms with E-state index >= 15 is 0 Å². The smallest absolute Gasteiger partial charge is 0.356 e. The second-order valence-corrected chi connectivity index (χ2v) is 5.07. The lowest BCUT2D eigenvalue weighted by Crippen LogP contribution is -2.20. The van der Waals surface area contributed by atoms with E-state index in [2.05, 4.69) is 16.4 Å². The molecule has 2 heterocycles. The molecule has 0 aromatic carbocycles. The molecule has 2 aromatic heterocycles. The lowest BCUT2D eigenvalue weighted by atomic mass is 10.2. The molecule has 2 N–H and O–H groups in total. The normalized spacial score (nSPS) is 12.1. The second kappa shape index (κ2) is 5.64. The van der Waals surface area contributed by atoms with Crippen molar-refractivity contribution < 1.29 is 9.90 Å². The number of carboxylic acids is 1. The van der Waals surface area contributed by atoms with E-state index in [-0.39, 0.29) is 11.7 Å². The number of carbonyl (C=O) groups is 1. The van der Waals surface area contributed by atoms with Crippen molar-refractivity contribution in [2.75, 3.05) is 5.32 Å². The maximum absolute atomic E-state index is 11.0. The van der Waals surface area contributed by atoms with Crippen LogP contribution in [0.1, 0.15) is 22.3 Å². The van der Waals surface area contributed by atoms with Gasteiger partial charge in [-0.25, -0.2) is 9.78 Å². The largest absolute Gasteiger partial charge is 0.476 e. The molecule has 0 aliphatic rings. The van der Waals surface area contributed by atoms with Gasteiger partial charge in [-0.1, -0.05) is 6.07 Å². The lowest BCUT2D eigenvalue weighted by Gasteiger charge is -2.15. The van der Waals surface area contributed by atoms with E-state index in [1.54, 1.807) is 23.5 Å². The van der Waals surface area contributed by atoms with Gasteiger partial charge in [0.2, 0.25) is 0 Å². The van der Waals surface area contributed by atoms with Gasteiger partial charge in [-0.15, -0.1) is 11.3 Å². The quantitative estimate of drug-likeness (QED) is 0.869. The van der Waals surface area contributed by atoms with Gasteiger partial charge in [0, 0.05) is 23.5 Å². The van der Waals surface area contributed by atoms with Gasteiger partial charge in [0.25, 0.3) is 0 Å². The minimum Gasteiger partial charge on any atom is -0.476 e. The Morgan fingerprint density at radius 3 is 3.00 bits per heavy atom. The van der Waals surface area contributed by atoms with Crippen molar-refractivity contribution in [2.24, 2.45) is 0 Å². The van der Waals surface area contributed by atoms with Crippen molar-refractivity contribution in [3.05, 3.63) is 46.4 Å². The fourth-order valence-electron chi connectivity index (χ4n) is 1.74. The number of nitrogens with one attached hydrogen (secondary N) is 1. The molecule has 0 saturated heterocycles. The summed E-state index contributed by atoms with van der Waals surface area (Å²) in [6, 6.07) is 7.71. The van der Waals surface area contributed by atoms with Gasteiger partial charge < -0.3 is 10.4 Å². The van der Waals surface area contributed by atoms with E-state index < -0.39 is 5.97 Å². The van der Waals surface area contributed by atoms with Crippen LogP contribution in [0.3, 0.4) is 0 Å². The number of hydrogen-bond donors (Lipinski definition) is 2. The SMILES string of the molecule is CC(Cc1cccs1)Nc1cccnc1C(=O)O. The van der Waals surface area contributed by atoms with E-state index in [0.717, 1.165) is 6.42 Å². The van der Waals surface area contributed by atoms with E-state index in [4.69, 9.17) is 5.11 Å². The van der Waals surface area contributed by atoms with E-state index in [1.807, 2.05) is 18.4 Å². The number of anilines is 1. The van der Waals surface area contributed by atoms with Gasteiger partial charge in [-0.2, -0.15) is 0 Å². The van der Waals surface area contributed by atoms with Crippen LogP contribution in [0, 0.1) is 0 Å². The van der Waals surface area contributed by atoms with Crippen LogP contribution < -0.4 is 5.32 Å². The molecule has 1 unspecified atom stereocenters. The number of hydrogen-bond acceptors (Lipinski definition) is 4. The molecule has 0 radical (unpaired) electrons. The molecule has 0 aliphatic heterocycles. The highest BCUT2D eigenvalue weighted by Gasteiger charge is 2.13. The van der Waals surface area contributed by atoms with Crippen molar-refractivity contribution >= 4 is 23.0 Å². The van der Waals surface area contributed by atoms with Crippen LogP contribution in [-0.4, -0.2) is 22.1 Å². The van der Waals surface area contributed by atoms with Gasteiger partial charge >= 0.3 is 5.97 Å². The molecule has 94 valence electrons. The zero-order valence-corrected chi connectivity index (χ0v) is 10.8. The summed E-state index contributed by atoms with van der Waals surface area (Å²) in [5, 5.41) is 14.3. The Kier molecular flexibility index (Phi) is 3.94. The Balaban J connectivity index is 2.07. The predicted molar refractivity (Wildman–Crippen MR) is 72.3 cm³/mol. The van der Waals surface area contributed by atoms with Crippen molar-refractivity contribution in [2.45, 2.75) is 19.4 Å². The maximum atomic E-state index is 11.0. The van der Waals surface area contributed by atoms with Crippen LogP contribution in [0.2, 0.25) is 0 Å². The van der Waals surface area contributed by atoms with Crippen LogP contribution in [0.4, 0.5) is 5.69 Å². The third kappa shape index (κ3) is 3.07. The number of aromatic carboxylic acids is 1. The van der Waals surface area contributed by atoms with Crippen LogP contribution in [-0.2, 0) is 6.42 Å². The number of thiophene rings is 1. The van der Waals surface area contributed by atoms with Crippen molar-refractivity contribution in [3.63, 3.8) is 0 Å². The predicted octanol–water partition coefficient (Wildman–Crippen LogP) is 2.88. The minimum absolute atomic E-state index is 0.0653. The lowest BCUT2D eigenvalue weighted by molar-refractivity contribution is 0.0691. The third-order valence-corrected chi connectivity index (χ3v) is 3.40. The van der Waals surface area contributed by atoms with Gasteiger partial charge in [-0.3, -0.25) is 0 Å². The molecule has 2 rings (SSSR count). The van der Waals surface area contributed by atoms with Gasteiger partial charge in [0.15, 0.2) is 5.69 Å². The first-order chi connectivity index (χ1) is 8.66. The van der Waals surface area contributed by atoms with E-state index in [1.165, 1.54) is 11.1 Å². The maximum Gasteiger partial charge on any atom is 0.356 e. The zero-order valence-electron chi connectivity index (χ0n) is 9.96. The number of aromatic nitrogens is 1. The molecule has 2 aromatic rings. The summed E-state index contributed by atoms with van der Waals surface area (Å²) in [6.07, 6.45) is 2.35. The van der Waals surface area contributed by atoms with E-state index in [0.29, 0.717) is 5.69 Å². The first-order valence-corrected chi connectivity index (χ1v) is 6.52. The average Bonchev–Trinajstić information content (AvgIpc) is 2.82. The highest BCUT2D eigenvalue weighted by Crippen LogP contribution is 2.17. The number of pyridine rings is 1. The molecular formula is C13H14N2O2S. The highest BCUT2D eigenvalue weighted by molar-refractivity contribution is 7.09. The number of rotatable bonds is 5. The molecule has 0 bridgehead atoms. The molecule has 18 heavy (non-hydrogen) atoms. The Morgan fingerprint density at radius 2 is 2.33 bits per heavy atom. The molecule has 0 aliphatic carbocycles. The number of nitrogens with zero attached hydrogens (tertiary/aromatic N) is 1. The van der Waals surface area contributed by atoms with Crippen LogP contribution in [0.15, 0.2) is 35.8 Å². The first kappa shape index (κ1) is 12.6. The fourth-order valence-corrected chi connectivity index (χ4v) is 2.57. The van der Waals surface area contributed by atoms with Crippen LogP contribution in [0.5, 0.6) is 0 Å². The highest BCUT2D eigenvalue weighted by atomic mass is 32.1. The van der Waals surface area contributed by atoms with Crippen LogP contribution >= 0.6 is 11.3 Å². The number of carboxylic acid groups (broad SMARTS) is 1. The summed E-state index contributed by atoms with van der Waals surface area (Å²) < 4.78 is 0. The van der Waals surface area contributed by atoms with Gasteiger partial charge in [0.1, 0.15) is 0 Å². The molecule has 0 fully saturated rings. The molecule has 5 heteroatoms. The Bertz CT molecular complexity index is 526. The van der Waals surface area contributed by atoms with Crippen molar-refractivity contribution in [1.82, 2.24) is 4.98 Å². The molecule has 0 saturated carbocycles. The molecular weight excluding hydrogens is 248 g/mol. The van der Waals surface area contributed by atoms with Crippen molar-refractivity contribution in [3.8, 4) is 0 Å². The summed E-state index contributed by atoms with van der Waals surface area (Å²) in [6.45, 7) is 2.03. The topological polar surface area (TPSA) is 62.2 Å². The van der Waals surface area contributed by atoms with Crippen LogP contribution in [0.25, 0.3) is 0 Å². The summed E-state index contributed by atoms with van der Waals surface area (Å²) in [5.41, 5.74) is 0.629. The summed E-state index contributed by atoms with van der Waals surface area (Å²) in [5.74, 6) is -1.01. The second-order valence-electron chi connectivity index (χ2n) is 4.03.